The van der Waals surface area contributed by atoms with Crippen LogP contribution in [0.15, 0.2) is 34.5 Å². The van der Waals surface area contributed by atoms with E-state index in [1.165, 1.54) is 35.6 Å². The fourth-order valence-electron chi connectivity index (χ4n) is 3.06. The van der Waals surface area contributed by atoms with Gasteiger partial charge in [-0.1, -0.05) is 0 Å². The van der Waals surface area contributed by atoms with Crippen LogP contribution in [0.4, 0.5) is 18.3 Å². The van der Waals surface area contributed by atoms with Crippen LogP contribution < -0.4 is 5.32 Å². The van der Waals surface area contributed by atoms with Gasteiger partial charge in [0.1, 0.15) is 0 Å². The van der Waals surface area contributed by atoms with Gasteiger partial charge in [-0.3, -0.25) is 15.0 Å². The van der Waals surface area contributed by atoms with E-state index in [0.717, 1.165) is 18.8 Å². The van der Waals surface area contributed by atoms with Crippen molar-refractivity contribution in [2.75, 3.05) is 18.4 Å². The summed E-state index contributed by atoms with van der Waals surface area (Å²) >= 11 is 1.11. The van der Waals surface area contributed by atoms with Crippen LogP contribution in [-0.4, -0.2) is 46.6 Å². The standard InChI is InChI=1S/C18H20F3N3O2S2/c1-11-7-24(8-12(2)26-11)9-14-10-27-17(22-14)23-16(25)13-3-5-15(6-4-13)28-18(19,20)21/h3-6,10-12H,7-9H2,1-2H3,(H,22,23,25). The average molecular weight is 432 g/mol. The summed E-state index contributed by atoms with van der Waals surface area (Å²) in [4.78, 5) is 19.0. The highest BCUT2D eigenvalue weighted by Crippen LogP contribution is 2.36. The van der Waals surface area contributed by atoms with Crippen molar-refractivity contribution in [1.29, 1.82) is 0 Å². The first-order chi connectivity index (χ1) is 13.2. The fourth-order valence-corrected chi connectivity index (χ4v) is 4.29. The fraction of sp³-hybridized carbons (Fsp3) is 0.444. The number of thioether (sulfide) groups is 1. The number of hydrogen-bond acceptors (Lipinski definition) is 6. The summed E-state index contributed by atoms with van der Waals surface area (Å²) in [6.45, 7) is 6.40. The molecular weight excluding hydrogens is 411 g/mol. The summed E-state index contributed by atoms with van der Waals surface area (Å²) in [5.41, 5.74) is -3.21. The Morgan fingerprint density at radius 1 is 1.29 bits per heavy atom. The van der Waals surface area contributed by atoms with Crippen molar-refractivity contribution in [1.82, 2.24) is 9.88 Å². The molecule has 1 aliphatic heterocycles. The Balaban J connectivity index is 1.56. The highest BCUT2D eigenvalue weighted by atomic mass is 32.2. The number of amides is 1. The van der Waals surface area contributed by atoms with Gasteiger partial charge in [0, 0.05) is 35.5 Å². The first-order valence-corrected chi connectivity index (χ1v) is 10.4. The maximum Gasteiger partial charge on any atom is 0.446 e. The molecule has 1 amide bonds. The molecule has 28 heavy (non-hydrogen) atoms. The predicted molar refractivity (Wildman–Crippen MR) is 104 cm³/mol. The molecule has 0 aliphatic carbocycles. The second-order valence-electron chi connectivity index (χ2n) is 6.62. The molecule has 2 heterocycles. The molecule has 2 unspecified atom stereocenters. The number of anilines is 1. The van der Waals surface area contributed by atoms with Crippen molar-refractivity contribution in [2.45, 2.75) is 43.0 Å². The first kappa shape index (κ1) is 21.1. The second-order valence-corrected chi connectivity index (χ2v) is 8.62. The zero-order valence-corrected chi connectivity index (χ0v) is 17.0. The number of halogens is 3. The van der Waals surface area contributed by atoms with Crippen LogP contribution in [0.25, 0.3) is 0 Å². The lowest BCUT2D eigenvalue weighted by Gasteiger charge is -2.34. The number of hydrogen-bond donors (Lipinski definition) is 1. The Bertz CT molecular complexity index is 801. The van der Waals surface area contributed by atoms with Gasteiger partial charge < -0.3 is 4.74 Å². The van der Waals surface area contributed by atoms with Crippen molar-refractivity contribution >= 4 is 34.1 Å². The number of carbonyl (C=O) groups excluding carboxylic acids is 1. The van der Waals surface area contributed by atoms with E-state index >= 15 is 0 Å². The minimum atomic E-state index is -4.35. The summed E-state index contributed by atoms with van der Waals surface area (Å²) in [7, 11) is 0. The molecule has 0 saturated carbocycles. The third-order valence-electron chi connectivity index (χ3n) is 4.00. The molecule has 0 radical (unpaired) electrons. The van der Waals surface area contributed by atoms with Crippen LogP contribution in [0.3, 0.4) is 0 Å². The molecule has 1 N–H and O–H groups in total. The van der Waals surface area contributed by atoms with Crippen LogP contribution in [0.5, 0.6) is 0 Å². The van der Waals surface area contributed by atoms with Crippen molar-refractivity contribution in [3.8, 4) is 0 Å². The normalized spacial score (nSPS) is 20.9. The van der Waals surface area contributed by atoms with E-state index < -0.39 is 11.4 Å². The van der Waals surface area contributed by atoms with E-state index in [0.29, 0.717) is 11.7 Å². The lowest BCUT2D eigenvalue weighted by molar-refractivity contribution is -0.0707. The van der Waals surface area contributed by atoms with Crippen LogP contribution in [-0.2, 0) is 11.3 Å². The lowest BCUT2D eigenvalue weighted by atomic mass is 10.2. The van der Waals surface area contributed by atoms with Gasteiger partial charge >= 0.3 is 5.51 Å². The highest BCUT2D eigenvalue weighted by Gasteiger charge is 2.29. The van der Waals surface area contributed by atoms with Gasteiger partial charge in [-0.25, -0.2) is 4.98 Å². The molecule has 2 aromatic rings. The quantitative estimate of drug-likeness (QED) is 0.701. The Kier molecular flexibility index (Phi) is 6.64. The number of carbonyl (C=O) groups is 1. The zero-order chi connectivity index (χ0) is 20.3. The first-order valence-electron chi connectivity index (χ1n) is 8.67. The number of nitrogens with one attached hydrogen (secondary N) is 1. The van der Waals surface area contributed by atoms with E-state index in [1.807, 2.05) is 19.2 Å². The molecule has 1 aromatic carbocycles. The largest absolute Gasteiger partial charge is 0.446 e. The Morgan fingerprint density at radius 3 is 2.54 bits per heavy atom. The van der Waals surface area contributed by atoms with E-state index in [4.69, 9.17) is 4.74 Å². The minimum absolute atomic E-state index is 0.0366. The molecule has 3 rings (SSSR count). The van der Waals surface area contributed by atoms with Gasteiger partial charge in [-0.15, -0.1) is 11.3 Å². The third kappa shape index (κ3) is 6.20. The Hall–Kier alpha value is -1.62. The Labute approximate surface area is 169 Å². The molecule has 1 aromatic heterocycles. The van der Waals surface area contributed by atoms with Crippen LogP contribution in [0.2, 0.25) is 0 Å². The van der Waals surface area contributed by atoms with Crippen LogP contribution in [0, 0.1) is 0 Å². The van der Waals surface area contributed by atoms with Crippen molar-refractivity contribution in [3.05, 3.63) is 40.9 Å². The van der Waals surface area contributed by atoms with Crippen molar-refractivity contribution < 1.29 is 22.7 Å². The average Bonchev–Trinajstić information content (AvgIpc) is 2.99. The SMILES string of the molecule is CC1CN(Cc2csc(NC(=O)c3ccc(SC(F)(F)F)cc3)n2)CC(C)O1. The van der Waals surface area contributed by atoms with E-state index in [-0.39, 0.29) is 34.4 Å². The highest BCUT2D eigenvalue weighted by molar-refractivity contribution is 8.00. The van der Waals surface area contributed by atoms with Gasteiger partial charge in [-0.2, -0.15) is 13.2 Å². The van der Waals surface area contributed by atoms with Crippen LogP contribution >= 0.6 is 23.1 Å². The molecule has 1 aliphatic rings. The molecule has 10 heteroatoms. The molecule has 2 atom stereocenters. The third-order valence-corrected chi connectivity index (χ3v) is 5.55. The Morgan fingerprint density at radius 2 is 1.93 bits per heavy atom. The van der Waals surface area contributed by atoms with Crippen LogP contribution in [0.1, 0.15) is 29.9 Å². The van der Waals surface area contributed by atoms with Crippen molar-refractivity contribution in [3.63, 3.8) is 0 Å². The summed E-state index contributed by atoms with van der Waals surface area (Å²) in [6, 6.07) is 5.30. The van der Waals surface area contributed by atoms with Gasteiger partial charge in [0.2, 0.25) is 0 Å². The van der Waals surface area contributed by atoms with Gasteiger partial charge in [0.25, 0.3) is 5.91 Å². The van der Waals surface area contributed by atoms with Crippen molar-refractivity contribution in [2.24, 2.45) is 0 Å². The number of thiazole rings is 1. The van der Waals surface area contributed by atoms with Gasteiger partial charge in [0.05, 0.1) is 17.9 Å². The molecule has 1 fully saturated rings. The molecular formula is C18H20F3N3O2S2. The number of rotatable bonds is 5. The summed E-state index contributed by atoms with van der Waals surface area (Å²) in [5, 5.41) is 5.05. The van der Waals surface area contributed by atoms with E-state index in [1.54, 1.807) is 0 Å². The summed E-state index contributed by atoms with van der Waals surface area (Å²) < 4.78 is 42.8. The lowest BCUT2D eigenvalue weighted by Crippen LogP contribution is -2.44. The molecule has 0 bridgehead atoms. The zero-order valence-electron chi connectivity index (χ0n) is 15.3. The number of aromatic nitrogens is 1. The predicted octanol–water partition coefficient (Wildman–Crippen LogP) is 4.62. The summed E-state index contributed by atoms with van der Waals surface area (Å²) in [5.74, 6) is -0.405. The smallest absolute Gasteiger partial charge is 0.373 e. The molecule has 5 nitrogen and oxygen atoms in total. The van der Waals surface area contributed by atoms with E-state index in [9.17, 15) is 18.0 Å². The maximum absolute atomic E-state index is 12.4. The molecule has 0 spiro atoms. The summed E-state index contributed by atoms with van der Waals surface area (Å²) in [6.07, 6.45) is 0.333. The number of nitrogens with zero attached hydrogens (tertiary/aromatic N) is 2. The minimum Gasteiger partial charge on any atom is -0.373 e. The number of morpholine rings is 1. The molecule has 152 valence electrons. The van der Waals surface area contributed by atoms with E-state index in [2.05, 4.69) is 15.2 Å². The number of benzene rings is 1. The monoisotopic (exact) mass is 431 g/mol. The second kappa shape index (κ2) is 8.81. The number of ether oxygens (including phenoxy) is 1. The number of alkyl halides is 3. The maximum atomic E-state index is 12.4. The van der Waals surface area contributed by atoms with Gasteiger partial charge in [-0.05, 0) is 49.9 Å². The topological polar surface area (TPSA) is 54.5 Å². The van der Waals surface area contributed by atoms with Gasteiger partial charge in [0.15, 0.2) is 5.13 Å². The molecule has 1 saturated heterocycles.